The van der Waals surface area contributed by atoms with Gasteiger partial charge >= 0.3 is 0 Å². The average molecular weight is 344 g/mol. The summed E-state index contributed by atoms with van der Waals surface area (Å²) in [5.74, 6) is 0.565. The van der Waals surface area contributed by atoms with E-state index in [0.29, 0.717) is 10.8 Å². The van der Waals surface area contributed by atoms with Gasteiger partial charge < -0.3 is 4.74 Å². The van der Waals surface area contributed by atoms with Crippen molar-refractivity contribution >= 4 is 21.4 Å². The van der Waals surface area contributed by atoms with Crippen LogP contribution in [0, 0.1) is 0 Å². The van der Waals surface area contributed by atoms with E-state index >= 15 is 0 Å². The Morgan fingerprint density at radius 2 is 2.18 bits per heavy atom. The van der Waals surface area contributed by atoms with Crippen molar-refractivity contribution in [2.45, 2.75) is 38.0 Å². The summed E-state index contributed by atoms with van der Waals surface area (Å²) < 4.78 is 29.4. The number of ether oxygens (including phenoxy) is 1. The third kappa shape index (κ3) is 4.22. The molecular weight excluding hydrogens is 322 g/mol. The minimum atomic E-state index is -2.88. The molecule has 2 atom stereocenters. The van der Waals surface area contributed by atoms with Crippen LogP contribution >= 0.6 is 11.6 Å². The number of hydrogen-bond acceptors (Lipinski definition) is 4. The second kappa shape index (κ2) is 6.87. The third-order valence-corrected chi connectivity index (χ3v) is 6.45. The Kier molecular flexibility index (Phi) is 5.07. The van der Waals surface area contributed by atoms with Gasteiger partial charge in [-0.05, 0) is 37.0 Å². The first-order valence-electron chi connectivity index (χ1n) is 7.82. The first-order chi connectivity index (χ1) is 10.5. The Bertz CT molecular complexity index is 614. The smallest absolute Gasteiger partial charge is 0.151 e. The van der Waals surface area contributed by atoms with E-state index in [4.69, 9.17) is 16.3 Å². The molecule has 2 aliphatic rings. The molecule has 1 aromatic carbocycles. The zero-order chi connectivity index (χ0) is 15.6. The van der Waals surface area contributed by atoms with Crippen LogP contribution < -0.4 is 0 Å². The van der Waals surface area contributed by atoms with Gasteiger partial charge in [0.2, 0.25) is 0 Å². The first-order valence-corrected chi connectivity index (χ1v) is 10.0. The van der Waals surface area contributed by atoms with Crippen LogP contribution in [0.2, 0.25) is 5.02 Å². The highest BCUT2D eigenvalue weighted by molar-refractivity contribution is 7.91. The van der Waals surface area contributed by atoms with Crippen LogP contribution in [0.15, 0.2) is 24.3 Å². The molecule has 0 aliphatic carbocycles. The number of rotatable bonds is 5. The van der Waals surface area contributed by atoms with Crippen LogP contribution in [0.25, 0.3) is 0 Å². The van der Waals surface area contributed by atoms with Gasteiger partial charge in [0.25, 0.3) is 0 Å². The van der Waals surface area contributed by atoms with Crippen LogP contribution in [-0.2, 0) is 21.1 Å². The Hall–Kier alpha value is -0.620. The summed E-state index contributed by atoms with van der Waals surface area (Å²) in [6, 6.07) is 7.88. The Balaban J connectivity index is 1.73. The van der Waals surface area contributed by atoms with E-state index in [0.717, 1.165) is 44.5 Å². The summed E-state index contributed by atoms with van der Waals surface area (Å²) in [5, 5.41) is 0.716. The highest BCUT2D eigenvalue weighted by Gasteiger charge is 2.33. The second-order valence-electron chi connectivity index (χ2n) is 6.25. The number of hydrogen-bond donors (Lipinski definition) is 0. The Labute approximate surface area is 137 Å². The summed E-state index contributed by atoms with van der Waals surface area (Å²) in [5.41, 5.74) is 1.12. The van der Waals surface area contributed by atoms with Crippen molar-refractivity contribution in [3.05, 3.63) is 34.9 Å². The average Bonchev–Trinajstić information content (AvgIpc) is 3.07. The van der Waals surface area contributed by atoms with E-state index in [2.05, 4.69) is 4.90 Å². The molecule has 0 aromatic heterocycles. The maximum atomic E-state index is 11.8. The van der Waals surface area contributed by atoms with Crippen LogP contribution in [0.5, 0.6) is 0 Å². The summed E-state index contributed by atoms with van der Waals surface area (Å²) in [4.78, 5) is 2.27. The molecule has 22 heavy (non-hydrogen) atoms. The molecule has 0 amide bonds. The van der Waals surface area contributed by atoms with Gasteiger partial charge in [0.1, 0.15) is 0 Å². The molecule has 2 saturated heterocycles. The third-order valence-electron chi connectivity index (χ3n) is 4.46. The lowest BCUT2D eigenvalue weighted by Gasteiger charge is -2.30. The molecule has 0 spiro atoms. The van der Waals surface area contributed by atoms with Crippen LogP contribution in [0.1, 0.15) is 24.8 Å². The molecule has 6 heteroatoms. The van der Waals surface area contributed by atoms with Crippen molar-refractivity contribution in [2.24, 2.45) is 0 Å². The van der Waals surface area contributed by atoms with Crippen molar-refractivity contribution in [1.82, 2.24) is 4.90 Å². The maximum Gasteiger partial charge on any atom is 0.151 e. The molecule has 3 rings (SSSR count). The SMILES string of the molecule is O=S1(=O)CC[C@@H](N(Cc2cccc(Cl)c2)C[C@@H]2CCCO2)C1. The molecule has 0 bridgehead atoms. The summed E-state index contributed by atoms with van der Waals surface area (Å²) in [6.45, 7) is 2.34. The molecule has 0 saturated carbocycles. The fraction of sp³-hybridized carbons (Fsp3) is 0.625. The lowest BCUT2D eigenvalue weighted by atomic mass is 10.1. The predicted octanol–water partition coefficient (Wildman–Crippen LogP) is 2.51. The predicted molar refractivity (Wildman–Crippen MR) is 87.9 cm³/mol. The molecule has 0 unspecified atom stereocenters. The van der Waals surface area contributed by atoms with E-state index in [1.54, 1.807) is 0 Å². The quantitative estimate of drug-likeness (QED) is 0.824. The fourth-order valence-corrected chi connectivity index (χ4v) is 5.30. The summed E-state index contributed by atoms with van der Waals surface area (Å²) in [6.07, 6.45) is 3.10. The number of benzene rings is 1. The van der Waals surface area contributed by atoms with Gasteiger partial charge in [0.05, 0.1) is 17.6 Å². The van der Waals surface area contributed by atoms with Crippen molar-refractivity contribution in [2.75, 3.05) is 24.7 Å². The van der Waals surface area contributed by atoms with Gasteiger partial charge in [0, 0.05) is 30.8 Å². The van der Waals surface area contributed by atoms with E-state index in [1.165, 1.54) is 0 Å². The Morgan fingerprint density at radius 1 is 1.32 bits per heavy atom. The molecule has 4 nitrogen and oxygen atoms in total. The van der Waals surface area contributed by atoms with Gasteiger partial charge in [0.15, 0.2) is 9.84 Å². The molecule has 122 valence electrons. The zero-order valence-electron chi connectivity index (χ0n) is 12.6. The second-order valence-corrected chi connectivity index (χ2v) is 8.92. The first kappa shape index (κ1) is 16.2. The number of sulfone groups is 1. The molecule has 1 aromatic rings. The van der Waals surface area contributed by atoms with Gasteiger partial charge in [-0.3, -0.25) is 4.90 Å². The number of nitrogens with zero attached hydrogens (tertiary/aromatic N) is 1. The van der Waals surface area contributed by atoms with Crippen molar-refractivity contribution < 1.29 is 13.2 Å². The van der Waals surface area contributed by atoms with Crippen molar-refractivity contribution in [3.8, 4) is 0 Å². The Morgan fingerprint density at radius 3 is 2.82 bits per heavy atom. The highest BCUT2D eigenvalue weighted by atomic mass is 35.5. The highest BCUT2D eigenvalue weighted by Crippen LogP contribution is 2.23. The molecular formula is C16H22ClNO3S. The lowest BCUT2D eigenvalue weighted by Crippen LogP contribution is -2.40. The van der Waals surface area contributed by atoms with Crippen LogP contribution in [0.3, 0.4) is 0 Å². The fourth-order valence-electron chi connectivity index (χ4n) is 3.33. The minimum Gasteiger partial charge on any atom is -0.377 e. The molecule has 2 heterocycles. The monoisotopic (exact) mass is 343 g/mol. The molecule has 0 N–H and O–H groups in total. The van der Waals surface area contributed by atoms with Crippen molar-refractivity contribution in [3.63, 3.8) is 0 Å². The molecule has 0 radical (unpaired) electrons. The maximum absolute atomic E-state index is 11.8. The standard InChI is InChI=1S/C16H22ClNO3S/c17-14-4-1-3-13(9-14)10-18(11-16-5-2-7-21-16)15-6-8-22(19,20)12-15/h1,3-4,9,15-16H,2,5-8,10-12H2/t15-,16+/m1/s1. The molecule has 2 aliphatic heterocycles. The number of halogens is 1. The van der Waals surface area contributed by atoms with Crippen molar-refractivity contribution in [1.29, 1.82) is 0 Å². The molecule has 2 fully saturated rings. The zero-order valence-corrected chi connectivity index (χ0v) is 14.2. The van der Waals surface area contributed by atoms with Crippen LogP contribution in [0.4, 0.5) is 0 Å². The normalized spacial score (nSPS) is 27.5. The lowest BCUT2D eigenvalue weighted by molar-refractivity contribution is 0.0574. The summed E-state index contributed by atoms with van der Waals surface area (Å²) >= 11 is 6.06. The van der Waals surface area contributed by atoms with E-state index in [9.17, 15) is 8.42 Å². The largest absolute Gasteiger partial charge is 0.377 e. The minimum absolute atomic E-state index is 0.0909. The summed E-state index contributed by atoms with van der Waals surface area (Å²) in [7, 11) is -2.88. The van der Waals surface area contributed by atoms with E-state index < -0.39 is 9.84 Å². The topological polar surface area (TPSA) is 46.6 Å². The van der Waals surface area contributed by atoms with E-state index in [1.807, 2.05) is 24.3 Å². The van der Waals surface area contributed by atoms with Gasteiger partial charge in [-0.1, -0.05) is 23.7 Å². The van der Waals surface area contributed by atoms with Crippen LogP contribution in [-0.4, -0.2) is 50.1 Å². The van der Waals surface area contributed by atoms with Gasteiger partial charge in [-0.2, -0.15) is 0 Å². The van der Waals surface area contributed by atoms with E-state index in [-0.39, 0.29) is 17.9 Å². The van der Waals surface area contributed by atoms with Gasteiger partial charge in [-0.25, -0.2) is 8.42 Å². The van der Waals surface area contributed by atoms with Gasteiger partial charge in [-0.15, -0.1) is 0 Å².